The highest BCUT2D eigenvalue weighted by molar-refractivity contribution is 6.45. The lowest BCUT2D eigenvalue weighted by atomic mass is 9.76. The summed E-state index contributed by atoms with van der Waals surface area (Å²) in [6.45, 7) is 7.23. The normalized spacial score (nSPS) is 18.3. The molecule has 1 unspecified atom stereocenters. The quantitative estimate of drug-likeness (QED) is 0.302. The lowest BCUT2D eigenvalue weighted by molar-refractivity contribution is -0.156. The first-order valence-corrected chi connectivity index (χ1v) is 11.5. The van der Waals surface area contributed by atoms with Crippen LogP contribution in [0.25, 0.3) is 0 Å². The Morgan fingerprint density at radius 1 is 1.13 bits per heavy atom. The van der Waals surface area contributed by atoms with Gasteiger partial charge in [-0.2, -0.15) is 0 Å². The molecule has 0 radical (unpaired) electrons. The van der Waals surface area contributed by atoms with E-state index in [9.17, 15) is 14.4 Å². The SMILES string of the molecule is CCCC1(C/C=C(/C)Cl)Cc2cc(C(C(=O)OCC)C(=O)OCC)c(Cl)c(Cl)c2C1=O. The first-order valence-electron chi connectivity index (χ1n) is 10.3. The van der Waals surface area contributed by atoms with Gasteiger partial charge in [-0.15, -0.1) is 0 Å². The Morgan fingerprint density at radius 2 is 1.71 bits per heavy atom. The van der Waals surface area contributed by atoms with Crippen LogP contribution in [0, 0.1) is 5.41 Å². The molecule has 1 atom stereocenters. The van der Waals surface area contributed by atoms with E-state index < -0.39 is 23.3 Å². The smallest absolute Gasteiger partial charge is 0.324 e. The minimum atomic E-state index is -1.38. The van der Waals surface area contributed by atoms with E-state index in [4.69, 9.17) is 44.3 Å². The molecule has 1 aliphatic rings. The zero-order valence-corrected chi connectivity index (χ0v) is 20.4. The summed E-state index contributed by atoms with van der Waals surface area (Å²) in [7, 11) is 0. The summed E-state index contributed by atoms with van der Waals surface area (Å²) < 4.78 is 10.1. The highest BCUT2D eigenvalue weighted by Gasteiger charge is 2.47. The summed E-state index contributed by atoms with van der Waals surface area (Å²) in [5.74, 6) is -3.02. The van der Waals surface area contributed by atoms with Crippen LogP contribution < -0.4 is 0 Å². The van der Waals surface area contributed by atoms with Gasteiger partial charge in [0.05, 0.1) is 23.3 Å². The summed E-state index contributed by atoms with van der Waals surface area (Å²) in [5, 5.41) is 0.632. The highest BCUT2D eigenvalue weighted by Crippen LogP contribution is 2.49. The topological polar surface area (TPSA) is 69.7 Å². The van der Waals surface area contributed by atoms with Crippen LogP contribution in [0.2, 0.25) is 10.0 Å². The number of ether oxygens (including phenoxy) is 2. The third-order valence-corrected chi connectivity index (χ3v) is 6.45. The number of ketones is 1. The van der Waals surface area contributed by atoms with Crippen LogP contribution >= 0.6 is 34.8 Å². The number of carbonyl (C=O) groups is 3. The molecule has 0 N–H and O–H groups in total. The van der Waals surface area contributed by atoms with Gasteiger partial charge >= 0.3 is 11.9 Å². The molecule has 8 heteroatoms. The summed E-state index contributed by atoms with van der Waals surface area (Å²) in [4.78, 5) is 38.6. The molecule has 5 nitrogen and oxygen atoms in total. The molecule has 0 amide bonds. The van der Waals surface area contributed by atoms with E-state index in [0.29, 0.717) is 35.4 Å². The molecule has 0 spiro atoms. The first-order chi connectivity index (χ1) is 14.6. The second kappa shape index (κ2) is 10.8. The monoisotopic (exact) mass is 488 g/mol. The molecular formula is C23H27Cl3O5. The number of hydrogen-bond donors (Lipinski definition) is 0. The zero-order valence-electron chi connectivity index (χ0n) is 18.1. The predicted molar refractivity (Wildman–Crippen MR) is 122 cm³/mol. The maximum Gasteiger partial charge on any atom is 0.324 e. The Bertz CT molecular complexity index is 887. The summed E-state index contributed by atoms with van der Waals surface area (Å²) in [5.41, 5.74) is 0.492. The van der Waals surface area contributed by atoms with Crippen LogP contribution in [-0.2, 0) is 25.5 Å². The highest BCUT2D eigenvalue weighted by atomic mass is 35.5. The van der Waals surface area contributed by atoms with Crippen LogP contribution in [-0.4, -0.2) is 30.9 Å². The standard InChI is InChI=1S/C23H27Cl3O5/c1-5-9-23(10-8-13(4)24)12-14-11-15(18(25)19(26)16(14)20(23)27)17(21(28)30-6-2)22(29)31-7-3/h8,11,17H,5-7,9-10,12H2,1-4H3/b13-8-. The molecule has 31 heavy (non-hydrogen) atoms. The van der Waals surface area contributed by atoms with Crippen LogP contribution in [0.1, 0.15) is 74.4 Å². The van der Waals surface area contributed by atoms with Gasteiger partial charge in [0.25, 0.3) is 0 Å². The number of Topliss-reactive ketones (excluding diaryl/α,β-unsaturated/α-hetero) is 1. The predicted octanol–water partition coefficient (Wildman–Crippen LogP) is 6.26. The summed E-state index contributed by atoms with van der Waals surface area (Å²) >= 11 is 19.1. The van der Waals surface area contributed by atoms with Crippen LogP contribution in [0.4, 0.5) is 0 Å². The fourth-order valence-corrected chi connectivity index (χ4v) is 4.74. The van der Waals surface area contributed by atoms with Crippen molar-refractivity contribution in [3.05, 3.63) is 43.9 Å². The van der Waals surface area contributed by atoms with Gasteiger partial charge in [-0.1, -0.05) is 60.3 Å². The van der Waals surface area contributed by atoms with Crippen molar-refractivity contribution in [3.8, 4) is 0 Å². The summed E-state index contributed by atoms with van der Waals surface area (Å²) in [6.07, 6.45) is 4.15. The van der Waals surface area contributed by atoms with Crippen molar-refractivity contribution in [2.24, 2.45) is 5.41 Å². The van der Waals surface area contributed by atoms with E-state index in [1.54, 1.807) is 26.8 Å². The number of benzene rings is 1. The van der Waals surface area contributed by atoms with E-state index in [-0.39, 0.29) is 34.6 Å². The van der Waals surface area contributed by atoms with Crippen molar-refractivity contribution < 1.29 is 23.9 Å². The van der Waals surface area contributed by atoms with E-state index in [1.807, 2.05) is 13.0 Å². The third-order valence-electron chi connectivity index (χ3n) is 5.41. The number of allylic oxidation sites excluding steroid dienone is 2. The van der Waals surface area contributed by atoms with E-state index in [2.05, 4.69) is 0 Å². The Hall–Kier alpha value is -1.56. The van der Waals surface area contributed by atoms with Crippen LogP contribution in [0.3, 0.4) is 0 Å². The number of rotatable bonds is 9. The maximum atomic E-state index is 13.4. The van der Waals surface area contributed by atoms with Gasteiger partial charge in [0.15, 0.2) is 11.7 Å². The number of fused-ring (bicyclic) bond motifs is 1. The average molecular weight is 490 g/mol. The van der Waals surface area contributed by atoms with Gasteiger partial charge in [0.1, 0.15) is 0 Å². The van der Waals surface area contributed by atoms with Gasteiger partial charge in [-0.25, -0.2) is 0 Å². The lowest BCUT2D eigenvalue weighted by Crippen LogP contribution is -2.27. The molecule has 1 aromatic carbocycles. The van der Waals surface area contributed by atoms with Gasteiger partial charge in [0.2, 0.25) is 0 Å². The molecule has 0 aromatic heterocycles. The van der Waals surface area contributed by atoms with Crippen molar-refractivity contribution in [1.82, 2.24) is 0 Å². The number of esters is 2. The van der Waals surface area contributed by atoms with Crippen molar-refractivity contribution in [2.75, 3.05) is 13.2 Å². The number of hydrogen-bond acceptors (Lipinski definition) is 5. The maximum absolute atomic E-state index is 13.4. The number of halogens is 3. The van der Waals surface area contributed by atoms with E-state index >= 15 is 0 Å². The first kappa shape index (κ1) is 25.7. The molecule has 0 bridgehead atoms. The minimum Gasteiger partial charge on any atom is -0.465 e. The largest absolute Gasteiger partial charge is 0.465 e. The Balaban J connectivity index is 2.62. The lowest BCUT2D eigenvalue weighted by Gasteiger charge is -2.25. The van der Waals surface area contributed by atoms with Crippen LogP contribution in [0.5, 0.6) is 0 Å². The van der Waals surface area contributed by atoms with Gasteiger partial charge in [0, 0.05) is 16.0 Å². The molecule has 0 fully saturated rings. The van der Waals surface area contributed by atoms with Gasteiger partial charge < -0.3 is 9.47 Å². The Kier molecular flexibility index (Phi) is 8.99. The van der Waals surface area contributed by atoms with Crippen molar-refractivity contribution in [2.45, 2.75) is 59.3 Å². The van der Waals surface area contributed by atoms with Crippen LogP contribution in [0.15, 0.2) is 17.2 Å². The summed E-state index contributed by atoms with van der Waals surface area (Å²) in [6, 6.07) is 1.62. The molecule has 170 valence electrons. The van der Waals surface area contributed by atoms with E-state index in [0.717, 1.165) is 6.42 Å². The second-order valence-electron chi connectivity index (χ2n) is 7.60. The zero-order chi connectivity index (χ0) is 23.3. The van der Waals surface area contributed by atoms with Gasteiger partial charge in [-0.05, 0) is 51.2 Å². The number of carbonyl (C=O) groups excluding carboxylic acids is 3. The Morgan fingerprint density at radius 3 is 2.19 bits per heavy atom. The minimum absolute atomic E-state index is 0.0174. The molecule has 1 aromatic rings. The van der Waals surface area contributed by atoms with E-state index in [1.165, 1.54) is 0 Å². The fourth-order valence-electron chi connectivity index (χ4n) is 4.09. The fraction of sp³-hybridized carbons (Fsp3) is 0.522. The molecule has 0 heterocycles. The molecule has 0 aliphatic heterocycles. The Labute approximate surface area is 198 Å². The second-order valence-corrected chi connectivity index (χ2v) is 8.95. The molecular weight excluding hydrogens is 463 g/mol. The molecule has 0 saturated carbocycles. The molecule has 0 saturated heterocycles. The molecule has 1 aliphatic carbocycles. The van der Waals surface area contributed by atoms with Crippen molar-refractivity contribution >= 4 is 52.5 Å². The van der Waals surface area contributed by atoms with Crippen molar-refractivity contribution in [1.29, 1.82) is 0 Å². The molecule has 2 rings (SSSR count). The average Bonchev–Trinajstić information content (AvgIpc) is 2.97. The third kappa shape index (κ3) is 5.27. The van der Waals surface area contributed by atoms with Crippen molar-refractivity contribution in [3.63, 3.8) is 0 Å². The van der Waals surface area contributed by atoms with Gasteiger partial charge in [-0.3, -0.25) is 14.4 Å².